The van der Waals surface area contributed by atoms with E-state index in [2.05, 4.69) is 27.7 Å². The Kier molecular flexibility index (Phi) is 3.55. The fourth-order valence-electron chi connectivity index (χ4n) is 1.78. The summed E-state index contributed by atoms with van der Waals surface area (Å²) in [7, 11) is 1.99. The van der Waals surface area contributed by atoms with Gasteiger partial charge in [0.15, 0.2) is 0 Å². The second-order valence-corrected chi connectivity index (χ2v) is 5.74. The SMILES string of the molecule is C#CC(C)(C)NC(c1cccs1)c1nccn1C. The van der Waals surface area contributed by atoms with Gasteiger partial charge < -0.3 is 4.57 Å². The first-order valence-corrected chi connectivity index (χ1v) is 6.67. The summed E-state index contributed by atoms with van der Waals surface area (Å²) in [6, 6.07) is 4.17. The Balaban J connectivity index is 2.37. The summed E-state index contributed by atoms with van der Waals surface area (Å²) in [6.07, 6.45) is 9.31. The van der Waals surface area contributed by atoms with Gasteiger partial charge in [-0.25, -0.2) is 4.98 Å². The van der Waals surface area contributed by atoms with Crippen molar-refractivity contribution < 1.29 is 0 Å². The molecule has 0 aliphatic heterocycles. The van der Waals surface area contributed by atoms with Gasteiger partial charge in [-0.2, -0.15) is 0 Å². The van der Waals surface area contributed by atoms with Crippen LogP contribution in [0.3, 0.4) is 0 Å². The van der Waals surface area contributed by atoms with Gasteiger partial charge >= 0.3 is 0 Å². The highest BCUT2D eigenvalue weighted by atomic mass is 32.1. The van der Waals surface area contributed by atoms with Gasteiger partial charge in [0.05, 0.1) is 5.54 Å². The predicted octanol–water partition coefficient (Wildman–Crippen LogP) is 2.57. The molecule has 0 saturated heterocycles. The highest BCUT2D eigenvalue weighted by Gasteiger charge is 2.25. The van der Waals surface area contributed by atoms with Crippen molar-refractivity contribution in [1.82, 2.24) is 14.9 Å². The van der Waals surface area contributed by atoms with E-state index < -0.39 is 0 Å². The zero-order valence-corrected chi connectivity index (χ0v) is 11.7. The number of thiophene rings is 1. The minimum absolute atomic E-state index is 0.0241. The van der Waals surface area contributed by atoms with Gasteiger partial charge in [-0.05, 0) is 25.3 Å². The van der Waals surface area contributed by atoms with Crippen molar-refractivity contribution in [1.29, 1.82) is 0 Å². The Morgan fingerprint density at radius 1 is 1.56 bits per heavy atom. The summed E-state index contributed by atoms with van der Waals surface area (Å²) < 4.78 is 2.02. The average Bonchev–Trinajstić information content (AvgIpc) is 2.97. The molecular formula is C14H17N3S. The first-order chi connectivity index (χ1) is 8.53. The molecule has 3 nitrogen and oxygen atoms in total. The lowest BCUT2D eigenvalue weighted by atomic mass is 10.0. The van der Waals surface area contributed by atoms with Gasteiger partial charge in [0.25, 0.3) is 0 Å². The number of nitrogens with zero attached hydrogens (tertiary/aromatic N) is 2. The average molecular weight is 259 g/mol. The van der Waals surface area contributed by atoms with Gasteiger partial charge in [0.1, 0.15) is 11.9 Å². The van der Waals surface area contributed by atoms with Crippen LogP contribution < -0.4 is 5.32 Å². The molecule has 2 rings (SSSR count). The van der Waals surface area contributed by atoms with Crippen LogP contribution in [0.1, 0.15) is 30.6 Å². The van der Waals surface area contributed by atoms with E-state index in [0.717, 1.165) is 5.82 Å². The lowest BCUT2D eigenvalue weighted by Crippen LogP contribution is -2.41. The number of nitrogens with one attached hydrogen (secondary N) is 1. The third-order valence-corrected chi connectivity index (χ3v) is 3.75. The van der Waals surface area contributed by atoms with Crippen molar-refractivity contribution in [3.05, 3.63) is 40.6 Å². The van der Waals surface area contributed by atoms with Crippen LogP contribution in [0.15, 0.2) is 29.9 Å². The van der Waals surface area contributed by atoms with Crippen LogP contribution in [0.4, 0.5) is 0 Å². The maximum Gasteiger partial charge on any atom is 0.131 e. The number of imidazole rings is 1. The molecule has 4 heteroatoms. The second-order valence-electron chi connectivity index (χ2n) is 4.76. The van der Waals surface area contributed by atoms with E-state index in [1.807, 2.05) is 37.7 Å². The Bertz CT molecular complexity index is 546. The van der Waals surface area contributed by atoms with Gasteiger partial charge in [-0.15, -0.1) is 17.8 Å². The zero-order chi connectivity index (χ0) is 13.2. The van der Waals surface area contributed by atoms with E-state index in [1.54, 1.807) is 17.5 Å². The Labute approximate surface area is 112 Å². The van der Waals surface area contributed by atoms with Crippen molar-refractivity contribution in [2.75, 3.05) is 0 Å². The second kappa shape index (κ2) is 4.97. The number of hydrogen-bond donors (Lipinski definition) is 1. The molecular weight excluding hydrogens is 242 g/mol. The molecule has 1 N–H and O–H groups in total. The molecule has 0 amide bonds. The van der Waals surface area contributed by atoms with Crippen LogP contribution in [-0.2, 0) is 7.05 Å². The van der Waals surface area contributed by atoms with Crippen LogP contribution in [0.25, 0.3) is 0 Å². The van der Waals surface area contributed by atoms with Gasteiger partial charge in [0, 0.05) is 24.3 Å². The van der Waals surface area contributed by atoms with Crippen LogP contribution in [0, 0.1) is 12.3 Å². The third kappa shape index (κ3) is 2.63. The topological polar surface area (TPSA) is 29.9 Å². The normalized spacial score (nSPS) is 13.2. The number of rotatable bonds is 4. The molecule has 18 heavy (non-hydrogen) atoms. The van der Waals surface area contributed by atoms with Crippen molar-refractivity contribution >= 4 is 11.3 Å². The van der Waals surface area contributed by atoms with E-state index in [4.69, 9.17) is 6.42 Å². The number of terminal acetylenes is 1. The molecule has 0 radical (unpaired) electrons. The monoisotopic (exact) mass is 259 g/mol. The van der Waals surface area contributed by atoms with Crippen molar-refractivity contribution in [3.63, 3.8) is 0 Å². The molecule has 2 heterocycles. The molecule has 0 bridgehead atoms. The quantitative estimate of drug-likeness (QED) is 0.855. The van der Waals surface area contributed by atoms with Crippen LogP contribution in [-0.4, -0.2) is 15.1 Å². The molecule has 1 unspecified atom stereocenters. The molecule has 0 spiro atoms. The molecule has 0 aromatic carbocycles. The van der Waals surface area contributed by atoms with Gasteiger partial charge in [-0.3, -0.25) is 5.32 Å². The molecule has 0 saturated carbocycles. The highest BCUT2D eigenvalue weighted by molar-refractivity contribution is 7.10. The summed E-state index contributed by atoms with van der Waals surface area (Å²) >= 11 is 1.70. The number of hydrogen-bond acceptors (Lipinski definition) is 3. The van der Waals surface area contributed by atoms with Crippen molar-refractivity contribution in [3.8, 4) is 12.3 Å². The molecule has 1 atom stereocenters. The predicted molar refractivity (Wildman–Crippen MR) is 75.4 cm³/mol. The summed E-state index contributed by atoms with van der Waals surface area (Å²) in [4.78, 5) is 5.64. The summed E-state index contributed by atoms with van der Waals surface area (Å²) in [5.41, 5.74) is -0.374. The van der Waals surface area contributed by atoms with Crippen molar-refractivity contribution in [2.24, 2.45) is 7.05 Å². The lowest BCUT2D eigenvalue weighted by molar-refractivity contribution is 0.434. The summed E-state index contributed by atoms with van der Waals surface area (Å²) in [5, 5.41) is 5.54. The molecule has 2 aromatic rings. The highest BCUT2D eigenvalue weighted by Crippen LogP contribution is 2.26. The van der Waals surface area contributed by atoms with Crippen LogP contribution in [0.5, 0.6) is 0 Å². The molecule has 0 aliphatic rings. The molecule has 94 valence electrons. The van der Waals surface area contributed by atoms with Crippen LogP contribution in [0.2, 0.25) is 0 Å². The number of aromatic nitrogens is 2. The smallest absolute Gasteiger partial charge is 0.131 e. The molecule has 0 aliphatic carbocycles. The van der Waals surface area contributed by atoms with Gasteiger partial charge in [-0.1, -0.05) is 12.0 Å². The minimum Gasteiger partial charge on any atom is -0.336 e. The molecule has 0 fully saturated rings. The van der Waals surface area contributed by atoms with E-state index in [1.165, 1.54) is 4.88 Å². The van der Waals surface area contributed by atoms with E-state index in [0.29, 0.717) is 0 Å². The van der Waals surface area contributed by atoms with E-state index in [-0.39, 0.29) is 11.6 Å². The molecule has 2 aromatic heterocycles. The van der Waals surface area contributed by atoms with E-state index in [9.17, 15) is 0 Å². The van der Waals surface area contributed by atoms with Crippen LogP contribution >= 0.6 is 11.3 Å². The lowest BCUT2D eigenvalue weighted by Gasteiger charge is -2.26. The fraction of sp³-hybridized carbons (Fsp3) is 0.357. The summed E-state index contributed by atoms with van der Waals surface area (Å²) in [6.45, 7) is 3.99. The Hall–Kier alpha value is -1.57. The first kappa shape index (κ1) is 12.9. The van der Waals surface area contributed by atoms with Gasteiger partial charge in [0.2, 0.25) is 0 Å². The Morgan fingerprint density at radius 3 is 2.83 bits per heavy atom. The maximum absolute atomic E-state index is 5.56. The third-order valence-electron chi connectivity index (χ3n) is 2.81. The minimum atomic E-state index is -0.374. The Morgan fingerprint density at radius 2 is 2.33 bits per heavy atom. The summed E-state index contributed by atoms with van der Waals surface area (Å²) in [5.74, 6) is 3.74. The fourth-order valence-corrected chi connectivity index (χ4v) is 2.55. The number of aryl methyl sites for hydroxylation is 1. The first-order valence-electron chi connectivity index (χ1n) is 5.79. The largest absolute Gasteiger partial charge is 0.336 e. The van der Waals surface area contributed by atoms with Crippen molar-refractivity contribution in [2.45, 2.75) is 25.4 Å². The van der Waals surface area contributed by atoms with E-state index >= 15 is 0 Å². The maximum atomic E-state index is 5.56. The standard InChI is InChI=1S/C14H17N3S/c1-5-14(2,3)16-12(11-7-6-10-18-11)13-15-8-9-17(13)4/h1,6-10,12,16H,2-4H3. The zero-order valence-electron chi connectivity index (χ0n) is 10.8.